The van der Waals surface area contributed by atoms with Gasteiger partial charge in [-0.2, -0.15) is 0 Å². The van der Waals surface area contributed by atoms with E-state index in [9.17, 15) is 9.59 Å². The molecule has 1 aromatic heterocycles. The minimum absolute atomic E-state index is 0.0147. The molecule has 0 bridgehead atoms. The van der Waals surface area contributed by atoms with Gasteiger partial charge in [0.2, 0.25) is 6.79 Å². The van der Waals surface area contributed by atoms with Crippen LogP contribution in [0.2, 0.25) is 0 Å². The summed E-state index contributed by atoms with van der Waals surface area (Å²) in [5.74, 6) is 1.30. The normalized spacial score (nSPS) is 25.3. The van der Waals surface area contributed by atoms with Crippen LogP contribution in [-0.2, 0) is 22.6 Å². The minimum Gasteiger partial charge on any atom is -0.454 e. The van der Waals surface area contributed by atoms with Crippen LogP contribution < -0.4 is 14.0 Å². The number of amides is 2. The number of nitrogens with one attached hydrogen (secondary N) is 1. The number of para-hydroxylation sites is 1. The van der Waals surface area contributed by atoms with Gasteiger partial charge in [0.1, 0.15) is 5.69 Å². The van der Waals surface area contributed by atoms with Crippen molar-refractivity contribution in [3.63, 3.8) is 0 Å². The summed E-state index contributed by atoms with van der Waals surface area (Å²) in [7, 11) is 1.82. The zero-order valence-electron chi connectivity index (χ0n) is 16.0. The fourth-order valence-electron chi connectivity index (χ4n) is 4.87. The summed E-state index contributed by atoms with van der Waals surface area (Å²) in [6, 6.07) is 13.1. The molecule has 0 radical (unpaired) electrons. The Hall–Kier alpha value is -3.32. The summed E-state index contributed by atoms with van der Waals surface area (Å²) >= 11 is 0. The van der Waals surface area contributed by atoms with Crippen molar-refractivity contribution in [1.29, 1.82) is 0 Å². The number of rotatable bonds is 1. The Morgan fingerprint density at radius 2 is 1.93 bits per heavy atom. The van der Waals surface area contributed by atoms with Crippen LogP contribution in [0.5, 0.6) is 11.5 Å². The number of aromatic nitrogens is 1. The lowest BCUT2D eigenvalue weighted by atomic mass is 9.92. The molecule has 3 aliphatic rings. The van der Waals surface area contributed by atoms with Gasteiger partial charge in [0, 0.05) is 35.2 Å². The van der Waals surface area contributed by atoms with Crippen molar-refractivity contribution in [3.05, 3.63) is 53.7 Å². The largest absolute Gasteiger partial charge is 0.454 e. The standard InChI is InChI=1S/C22H20N3O4/c1-25(13-6-7-19-20(8-13)29-12-28-19)11-21(26)24-10-17-15(9-18(24)22(25)27)14-4-2-3-5-16(14)23-17/h2-8,18,23H,9-12H2,1H3/q+1. The van der Waals surface area contributed by atoms with Gasteiger partial charge in [0.05, 0.1) is 13.6 Å². The zero-order chi connectivity index (χ0) is 19.8. The fraction of sp³-hybridized carbons (Fsp3) is 0.273. The summed E-state index contributed by atoms with van der Waals surface area (Å²) < 4.78 is 10.8. The van der Waals surface area contributed by atoms with E-state index in [2.05, 4.69) is 11.1 Å². The highest BCUT2D eigenvalue weighted by molar-refractivity contribution is 6.03. The van der Waals surface area contributed by atoms with Gasteiger partial charge in [-0.15, -0.1) is 0 Å². The third-order valence-electron chi connectivity index (χ3n) is 6.47. The number of benzene rings is 2. The Balaban J connectivity index is 1.42. The Morgan fingerprint density at radius 3 is 2.83 bits per heavy atom. The lowest BCUT2D eigenvalue weighted by Gasteiger charge is -2.44. The van der Waals surface area contributed by atoms with Crippen LogP contribution >= 0.6 is 0 Å². The molecule has 3 aliphatic heterocycles. The van der Waals surface area contributed by atoms with Crippen molar-refractivity contribution in [1.82, 2.24) is 14.4 Å². The molecule has 146 valence electrons. The number of carbonyl (C=O) groups excluding carboxylic acids is 2. The molecule has 1 saturated heterocycles. The molecule has 4 heterocycles. The second-order valence-corrected chi connectivity index (χ2v) is 8.09. The number of quaternary nitrogens is 1. The minimum atomic E-state index is -0.474. The maximum Gasteiger partial charge on any atom is 0.341 e. The van der Waals surface area contributed by atoms with Crippen LogP contribution in [0.25, 0.3) is 10.9 Å². The lowest BCUT2D eigenvalue weighted by molar-refractivity contribution is -0.155. The molecule has 0 spiro atoms. The first-order chi connectivity index (χ1) is 14.0. The molecule has 6 rings (SSSR count). The first-order valence-electron chi connectivity index (χ1n) is 9.73. The Kier molecular flexibility index (Phi) is 3.21. The quantitative estimate of drug-likeness (QED) is 0.648. The van der Waals surface area contributed by atoms with Crippen molar-refractivity contribution < 1.29 is 19.1 Å². The van der Waals surface area contributed by atoms with Gasteiger partial charge in [0.25, 0.3) is 5.91 Å². The van der Waals surface area contributed by atoms with E-state index in [-0.39, 0.29) is 29.6 Å². The van der Waals surface area contributed by atoms with E-state index >= 15 is 0 Å². The van der Waals surface area contributed by atoms with Gasteiger partial charge in [-0.1, -0.05) is 18.2 Å². The summed E-state index contributed by atoms with van der Waals surface area (Å²) in [6.07, 6.45) is 0.530. The van der Waals surface area contributed by atoms with Crippen LogP contribution in [0.1, 0.15) is 11.3 Å². The molecule has 1 fully saturated rings. The van der Waals surface area contributed by atoms with E-state index in [1.165, 1.54) is 0 Å². The van der Waals surface area contributed by atoms with E-state index in [0.29, 0.717) is 24.5 Å². The van der Waals surface area contributed by atoms with Crippen molar-refractivity contribution in [2.75, 3.05) is 20.4 Å². The van der Waals surface area contributed by atoms with Crippen LogP contribution in [-0.4, -0.2) is 48.1 Å². The van der Waals surface area contributed by atoms with Crippen LogP contribution in [0.3, 0.4) is 0 Å². The third kappa shape index (κ3) is 2.22. The fourth-order valence-corrected chi connectivity index (χ4v) is 4.87. The average molecular weight is 390 g/mol. The zero-order valence-corrected chi connectivity index (χ0v) is 16.0. The first kappa shape index (κ1) is 16.6. The van der Waals surface area contributed by atoms with Crippen molar-refractivity contribution >= 4 is 28.4 Å². The molecule has 2 unspecified atom stereocenters. The van der Waals surface area contributed by atoms with Crippen molar-refractivity contribution in [2.24, 2.45) is 0 Å². The molecule has 2 aromatic carbocycles. The first-order valence-corrected chi connectivity index (χ1v) is 9.73. The summed E-state index contributed by atoms with van der Waals surface area (Å²) in [4.78, 5) is 32.0. The monoisotopic (exact) mass is 390 g/mol. The highest BCUT2D eigenvalue weighted by Gasteiger charge is 2.53. The highest BCUT2D eigenvalue weighted by atomic mass is 16.7. The SMILES string of the molecule is C[N+]1(c2ccc3c(c2)OCO3)CC(=O)N2Cc3[nH]c4ccccc4c3CC2C1=O. The Labute approximate surface area is 167 Å². The van der Waals surface area contributed by atoms with Gasteiger partial charge in [-0.05, 0) is 17.7 Å². The molecule has 0 aliphatic carbocycles. The van der Waals surface area contributed by atoms with E-state index in [1.54, 1.807) is 4.90 Å². The van der Waals surface area contributed by atoms with Gasteiger partial charge >= 0.3 is 5.91 Å². The molecule has 2 amide bonds. The number of fused-ring (bicyclic) bond motifs is 5. The third-order valence-corrected chi connectivity index (χ3v) is 6.47. The lowest BCUT2D eigenvalue weighted by Crippen LogP contribution is -2.70. The van der Waals surface area contributed by atoms with Crippen LogP contribution in [0.15, 0.2) is 42.5 Å². The van der Waals surface area contributed by atoms with Gasteiger partial charge in [-0.25, -0.2) is 9.28 Å². The van der Waals surface area contributed by atoms with Gasteiger partial charge < -0.3 is 19.4 Å². The topological polar surface area (TPSA) is 71.6 Å². The molecule has 7 heteroatoms. The highest BCUT2D eigenvalue weighted by Crippen LogP contribution is 2.40. The number of piperazine rings is 1. The van der Waals surface area contributed by atoms with Crippen LogP contribution in [0.4, 0.5) is 5.69 Å². The summed E-state index contributed by atoms with van der Waals surface area (Å²) in [5.41, 5.74) is 3.96. The Morgan fingerprint density at radius 1 is 1.10 bits per heavy atom. The second kappa shape index (κ2) is 5.61. The maximum atomic E-state index is 13.7. The molecule has 29 heavy (non-hydrogen) atoms. The van der Waals surface area contributed by atoms with E-state index < -0.39 is 6.04 Å². The van der Waals surface area contributed by atoms with Crippen molar-refractivity contribution in [3.8, 4) is 11.5 Å². The maximum absolute atomic E-state index is 13.7. The summed E-state index contributed by atoms with van der Waals surface area (Å²) in [6.45, 7) is 0.722. The number of hydrogen-bond acceptors (Lipinski definition) is 4. The molecule has 7 nitrogen and oxygen atoms in total. The number of aromatic amines is 1. The van der Waals surface area contributed by atoms with E-state index in [4.69, 9.17) is 9.47 Å². The predicted molar refractivity (Wildman–Crippen MR) is 106 cm³/mol. The number of hydrogen-bond donors (Lipinski definition) is 1. The second-order valence-electron chi connectivity index (χ2n) is 8.09. The van der Waals surface area contributed by atoms with E-state index in [0.717, 1.165) is 27.8 Å². The van der Waals surface area contributed by atoms with Gasteiger partial charge in [0.15, 0.2) is 24.1 Å². The number of carbonyl (C=O) groups is 2. The smallest absolute Gasteiger partial charge is 0.341 e. The molecule has 2 atom stereocenters. The predicted octanol–water partition coefficient (Wildman–Crippen LogP) is 2.33. The number of nitrogens with zero attached hydrogens (tertiary/aromatic N) is 2. The number of H-pyrrole nitrogens is 1. The number of ether oxygens (including phenoxy) is 2. The molecular formula is C22H20N3O4+. The van der Waals surface area contributed by atoms with Crippen LogP contribution in [0, 0.1) is 0 Å². The summed E-state index contributed by atoms with van der Waals surface area (Å²) in [5, 5.41) is 1.13. The molecule has 3 aromatic rings. The number of likely N-dealkylation sites (N-methyl/N-ethyl adjacent to an activating group) is 1. The van der Waals surface area contributed by atoms with E-state index in [1.807, 2.05) is 43.4 Å². The van der Waals surface area contributed by atoms with Gasteiger partial charge in [-0.3, -0.25) is 4.79 Å². The molecule has 1 N–H and O–H groups in total. The molecule has 0 saturated carbocycles. The molecular weight excluding hydrogens is 370 g/mol. The van der Waals surface area contributed by atoms with Crippen molar-refractivity contribution in [2.45, 2.75) is 19.0 Å². The average Bonchev–Trinajstić information content (AvgIpc) is 3.34. The Bertz CT molecular complexity index is 1200.